The molecule has 0 aromatic carbocycles. The Labute approximate surface area is 153 Å². The Hall–Kier alpha value is -2.74. The van der Waals surface area contributed by atoms with E-state index in [0.717, 1.165) is 29.7 Å². The van der Waals surface area contributed by atoms with E-state index in [2.05, 4.69) is 22.4 Å². The van der Waals surface area contributed by atoms with Crippen molar-refractivity contribution in [3.8, 4) is 0 Å². The number of hydrogen-bond acceptors (Lipinski definition) is 6. The van der Waals surface area contributed by atoms with Gasteiger partial charge in [0.1, 0.15) is 17.1 Å². The van der Waals surface area contributed by atoms with E-state index in [1.165, 1.54) is 28.2 Å². The van der Waals surface area contributed by atoms with Gasteiger partial charge in [-0.25, -0.2) is 10.4 Å². The van der Waals surface area contributed by atoms with E-state index in [1.807, 2.05) is 0 Å². The average Bonchev–Trinajstić information content (AvgIpc) is 3.24. The van der Waals surface area contributed by atoms with Crippen molar-refractivity contribution < 1.29 is 9.21 Å². The fourth-order valence-corrected chi connectivity index (χ4v) is 4.54. The van der Waals surface area contributed by atoms with Crippen LogP contribution in [0.2, 0.25) is 0 Å². The first-order chi connectivity index (χ1) is 12.6. The lowest BCUT2D eigenvalue weighted by Crippen LogP contribution is -2.30. The molecule has 1 N–H and O–H groups in total. The summed E-state index contributed by atoms with van der Waals surface area (Å²) in [7, 11) is 0. The summed E-state index contributed by atoms with van der Waals surface area (Å²) >= 11 is 1.60. The molecule has 1 amide bonds. The van der Waals surface area contributed by atoms with Crippen molar-refractivity contribution in [3.63, 3.8) is 0 Å². The third-order valence-electron chi connectivity index (χ3n) is 4.52. The van der Waals surface area contributed by atoms with Crippen LogP contribution in [0, 0.1) is 5.92 Å². The molecule has 4 rings (SSSR count). The van der Waals surface area contributed by atoms with Gasteiger partial charge in [0.15, 0.2) is 0 Å². The molecule has 0 bridgehead atoms. The lowest BCUT2D eigenvalue weighted by Gasteiger charge is -2.17. The number of nitrogens with one attached hydrogen (secondary N) is 1. The van der Waals surface area contributed by atoms with Gasteiger partial charge in [-0.05, 0) is 42.9 Å². The van der Waals surface area contributed by atoms with Gasteiger partial charge in [0, 0.05) is 4.88 Å². The van der Waals surface area contributed by atoms with Gasteiger partial charge in [0.05, 0.1) is 24.2 Å². The Bertz CT molecular complexity index is 1030. The van der Waals surface area contributed by atoms with Crippen LogP contribution in [-0.4, -0.2) is 21.7 Å². The highest BCUT2D eigenvalue weighted by Crippen LogP contribution is 2.35. The highest BCUT2D eigenvalue weighted by molar-refractivity contribution is 7.18. The topological polar surface area (TPSA) is 89.5 Å². The van der Waals surface area contributed by atoms with Crippen LogP contribution in [0.5, 0.6) is 0 Å². The van der Waals surface area contributed by atoms with Crippen LogP contribution in [-0.2, 0) is 24.2 Å². The number of aromatic nitrogens is 2. The molecule has 134 valence electrons. The molecule has 0 spiro atoms. The van der Waals surface area contributed by atoms with Crippen LogP contribution >= 0.6 is 11.3 Å². The molecular formula is C18H18N4O3S. The first-order valence-corrected chi connectivity index (χ1v) is 9.28. The van der Waals surface area contributed by atoms with E-state index < -0.39 is 5.91 Å². The van der Waals surface area contributed by atoms with Gasteiger partial charge >= 0.3 is 0 Å². The molecule has 0 saturated heterocycles. The van der Waals surface area contributed by atoms with Gasteiger partial charge in [0.2, 0.25) is 0 Å². The van der Waals surface area contributed by atoms with Crippen LogP contribution in [0.3, 0.4) is 0 Å². The smallest absolute Gasteiger partial charge is 0.262 e. The van der Waals surface area contributed by atoms with E-state index in [-0.39, 0.29) is 12.1 Å². The first kappa shape index (κ1) is 16.7. The highest BCUT2D eigenvalue weighted by Gasteiger charge is 2.23. The van der Waals surface area contributed by atoms with Crippen molar-refractivity contribution in [1.29, 1.82) is 0 Å². The Balaban J connectivity index is 1.54. The SMILES string of the molecule is C[C@H]1CCc2c(sc3ncn(CC(=O)N/N=C\c4ccco4)c(=O)c23)C1. The number of carbonyl (C=O) groups is 1. The van der Waals surface area contributed by atoms with Crippen molar-refractivity contribution >= 4 is 33.7 Å². The minimum absolute atomic E-state index is 0.127. The van der Waals surface area contributed by atoms with Gasteiger partial charge in [-0.3, -0.25) is 14.2 Å². The summed E-state index contributed by atoms with van der Waals surface area (Å²) in [4.78, 5) is 31.3. The van der Waals surface area contributed by atoms with Crippen LogP contribution in [0.15, 0.2) is 39.0 Å². The number of carbonyl (C=O) groups excluding carboxylic acids is 1. The zero-order valence-corrected chi connectivity index (χ0v) is 15.1. The second-order valence-electron chi connectivity index (χ2n) is 6.52. The number of hydrogen-bond donors (Lipinski definition) is 1. The largest absolute Gasteiger partial charge is 0.463 e. The third-order valence-corrected chi connectivity index (χ3v) is 5.68. The average molecular weight is 370 g/mol. The Morgan fingerprint density at radius 1 is 1.58 bits per heavy atom. The molecular weight excluding hydrogens is 352 g/mol. The van der Waals surface area contributed by atoms with Crippen LogP contribution < -0.4 is 11.0 Å². The molecule has 3 aromatic heterocycles. The van der Waals surface area contributed by atoms with Gasteiger partial charge in [0.25, 0.3) is 11.5 Å². The minimum atomic E-state index is -0.395. The summed E-state index contributed by atoms with van der Waals surface area (Å²) in [6.45, 7) is 2.10. The van der Waals surface area contributed by atoms with E-state index in [4.69, 9.17) is 4.42 Å². The molecule has 0 aliphatic heterocycles. The van der Waals surface area contributed by atoms with Crippen molar-refractivity contribution in [2.24, 2.45) is 11.0 Å². The van der Waals surface area contributed by atoms with Crippen molar-refractivity contribution in [2.45, 2.75) is 32.7 Å². The number of rotatable bonds is 4. The number of nitrogens with zero attached hydrogens (tertiary/aromatic N) is 3. The van der Waals surface area contributed by atoms with E-state index in [1.54, 1.807) is 23.5 Å². The first-order valence-electron chi connectivity index (χ1n) is 8.47. The molecule has 8 heteroatoms. The number of thiophene rings is 1. The van der Waals surface area contributed by atoms with Crippen molar-refractivity contribution in [3.05, 3.63) is 51.3 Å². The number of aryl methyl sites for hydroxylation is 1. The quantitative estimate of drug-likeness (QED) is 0.564. The molecule has 0 unspecified atom stereocenters. The molecule has 3 heterocycles. The number of fused-ring (bicyclic) bond motifs is 3. The maximum absolute atomic E-state index is 12.8. The second kappa shape index (κ2) is 6.87. The molecule has 1 aliphatic carbocycles. The normalized spacial score (nSPS) is 16.9. The highest BCUT2D eigenvalue weighted by atomic mass is 32.1. The molecule has 26 heavy (non-hydrogen) atoms. The molecule has 3 aromatic rings. The minimum Gasteiger partial charge on any atom is -0.463 e. The molecule has 1 aliphatic rings. The monoisotopic (exact) mass is 370 g/mol. The van der Waals surface area contributed by atoms with Crippen molar-refractivity contribution in [2.75, 3.05) is 0 Å². The van der Waals surface area contributed by atoms with Crippen LogP contribution in [0.25, 0.3) is 10.2 Å². The van der Waals surface area contributed by atoms with E-state index >= 15 is 0 Å². The Morgan fingerprint density at radius 2 is 2.46 bits per heavy atom. The van der Waals surface area contributed by atoms with Gasteiger partial charge in [-0.2, -0.15) is 5.10 Å². The summed E-state index contributed by atoms with van der Waals surface area (Å²) in [6, 6.07) is 3.45. The molecule has 0 radical (unpaired) electrons. The second-order valence-corrected chi connectivity index (χ2v) is 7.60. The van der Waals surface area contributed by atoms with E-state index in [9.17, 15) is 9.59 Å². The third kappa shape index (κ3) is 3.20. The zero-order chi connectivity index (χ0) is 18.1. The maximum atomic E-state index is 12.8. The van der Waals surface area contributed by atoms with E-state index in [0.29, 0.717) is 17.1 Å². The fourth-order valence-electron chi connectivity index (χ4n) is 3.20. The number of hydrazone groups is 1. The predicted octanol–water partition coefficient (Wildman–Crippen LogP) is 2.33. The zero-order valence-electron chi connectivity index (χ0n) is 14.3. The molecule has 0 fully saturated rings. The maximum Gasteiger partial charge on any atom is 0.262 e. The number of furan rings is 1. The molecule has 0 saturated carbocycles. The Kier molecular flexibility index (Phi) is 4.42. The van der Waals surface area contributed by atoms with Crippen LogP contribution in [0.1, 0.15) is 29.5 Å². The fraction of sp³-hybridized carbons (Fsp3) is 0.333. The summed E-state index contributed by atoms with van der Waals surface area (Å²) in [5, 5.41) is 4.49. The van der Waals surface area contributed by atoms with Gasteiger partial charge in [-0.1, -0.05) is 6.92 Å². The number of amides is 1. The molecule has 1 atom stereocenters. The Morgan fingerprint density at radius 3 is 3.27 bits per heavy atom. The van der Waals surface area contributed by atoms with Gasteiger partial charge < -0.3 is 4.42 Å². The van der Waals surface area contributed by atoms with Gasteiger partial charge in [-0.15, -0.1) is 11.3 Å². The van der Waals surface area contributed by atoms with Crippen LogP contribution in [0.4, 0.5) is 0 Å². The lowest BCUT2D eigenvalue weighted by molar-refractivity contribution is -0.121. The lowest BCUT2D eigenvalue weighted by atomic mass is 9.89. The van der Waals surface area contributed by atoms with Crippen molar-refractivity contribution in [1.82, 2.24) is 15.0 Å². The summed E-state index contributed by atoms with van der Waals surface area (Å²) < 4.78 is 6.43. The standard InChI is InChI=1S/C18H18N4O3S/c1-11-4-5-13-14(7-11)26-17-16(13)18(24)22(10-19-17)9-15(23)21-20-8-12-3-2-6-25-12/h2-3,6,8,10-11H,4-5,7,9H2,1H3,(H,21,23)/b20-8-/t11-/m0/s1. The summed E-state index contributed by atoms with van der Waals surface area (Å²) in [5.74, 6) is 0.772. The summed E-state index contributed by atoms with van der Waals surface area (Å²) in [6.07, 6.45) is 7.33. The predicted molar refractivity (Wildman–Crippen MR) is 99.5 cm³/mol. The summed E-state index contributed by atoms with van der Waals surface area (Å²) in [5.41, 5.74) is 3.35. The molecule has 7 nitrogen and oxygen atoms in total.